The first-order valence-electron chi connectivity index (χ1n) is 10.0. The van der Waals surface area contributed by atoms with Crippen molar-refractivity contribution >= 4 is 0 Å². The lowest BCUT2D eigenvalue weighted by Crippen LogP contribution is -2.32. The maximum absolute atomic E-state index is 14.0. The van der Waals surface area contributed by atoms with Crippen molar-refractivity contribution in [1.82, 2.24) is 19.7 Å². The first-order valence-corrected chi connectivity index (χ1v) is 10.0. The van der Waals surface area contributed by atoms with Gasteiger partial charge in [0.15, 0.2) is 5.82 Å². The number of hydrogen-bond donors (Lipinski definition) is 1. The molecular weight excluding hydrogens is 360 g/mol. The summed E-state index contributed by atoms with van der Waals surface area (Å²) in [5.74, 6) is 0.666. The number of nitrogens with one attached hydrogen (secondary N) is 1. The molecular formula is C24H20N4O. The molecule has 0 saturated carbocycles. The number of nitrogens with zero attached hydrogens (tertiary/aromatic N) is 3. The van der Waals surface area contributed by atoms with Crippen molar-refractivity contribution < 1.29 is 0 Å². The maximum atomic E-state index is 14.0. The fourth-order valence-electron chi connectivity index (χ4n) is 5.37. The summed E-state index contributed by atoms with van der Waals surface area (Å²) in [5.41, 5.74) is 6.96. The minimum absolute atomic E-state index is 0.0134. The van der Waals surface area contributed by atoms with E-state index in [2.05, 4.69) is 40.3 Å². The molecule has 2 aromatic heterocycles. The molecule has 29 heavy (non-hydrogen) atoms. The lowest BCUT2D eigenvalue weighted by atomic mass is 9.70. The van der Waals surface area contributed by atoms with Gasteiger partial charge in [-0.2, -0.15) is 5.10 Å². The summed E-state index contributed by atoms with van der Waals surface area (Å²) in [7, 11) is 0. The van der Waals surface area contributed by atoms with E-state index in [9.17, 15) is 4.79 Å². The van der Waals surface area contributed by atoms with Crippen LogP contribution < -0.4 is 5.56 Å². The van der Waals surface area contributed by atoms with Crippen LogP contribution in [0, 0.1) is 0 Å². The third-order valence-corrected chi connectivity index (χ3v) is 6.56. The Hall–Kier alpha value is -3.47. The monoisotopic (exact) mass is 380 g/mol. The lowest BCUT2D eigenvalue weighted by molar-refractivity contribution is 0.462. The first kappa shape index (κ1) is 16.5. The zero-order valence-electron chi connectivity index (χ0n) is 16.1. The van der Waals surface area contributed by atoms with Crippen LogP contribution in [-0.2, 0) is 11.8 Å². The summed E-state index contributed by atoms with van der Waals surface area (Å²) in [6, 6.07) is 18.3. The quantitative estimate of drug-likeness (QED) is 0.566. The van der Waals surface area contributed by atoms with Gasteiger partial charge in [0, 0.05) is 16.7 Å². The van der Waals surface area contributed by atoms with Gasteiger partial charge in [-0.15, -0.1) is 0 Å². The number of aromatic nitrogens is 4. The van der Waals surface area contributed by atoms with Gasteiger partial charge in [0.1, 0.15) is 6.33 Å². The summed E-state index contributed by atoms with van der Waals surface area (Å²) >= 11 is 0. The van der Waals surface area contributed by atoms with Crippen molar-refractivity contribution in [2.75, 3.05) is 0 Å². The Morgan fingerprint density at radius 2 is 1.83 bits per heavy atom. The highest BCUT2D eigenvalue weighted by molar-refractivity contribution is 5.85. The summed E-state index contributed by atoms with van der Waals surface area (Å²) in [6.07, 6.45) is 4.55. The van der Waals surface area contributed by atoms with Gasteiger partial charge >= 0.3 is 0 Å². The van der Waals surface area contributed by atoms with Crippen molar-refractivity contribution in [3.63, 3.8) is 0 Å². The van der Waals surface area contributed by atoms with Gasteiger partial charge in [0.2, 0.25) is 0 Å². The number of fused-ring (bicyclic) bond motifs is 3. The van der Waals surface area contributed by atoms with Crippen LogP contribution in [0.1, 0.15) is 36.6 Å². The first-order chi connectivity index (χ1) is 14.2. The van der Waals surface area contributed by atoms with Crippen molar-refractivity contribution in [3.8, 4) is 28.2 Å². The number of aromatic amines is 1. The zero-order chi connectivity index (χ0) is 19.6. The minimum atomic E-state index is -0.159. The molecule has 1 N–H and O–H groups in total. The topological polar surface area (TPSA) is 63.6 Å². The molecule has 3 heterocycles. The van der Waals surface area contributed by atoms with Crippen molar-refractivity contribution in [1.29, 1.82) is 0 Å². The van der Waals surface area contributed by atoms with E-state index in [4.69, 9.17) is 0 Å². The number of H-pyrrole nitrogens is 1. The highest BCUT2D eigenvalue weighted by Gasteiger charge is 2.45. The van der Waals surface area contributed by atoms with E-state index in [0.29, 0.717) is 11.4 Å². The van der Waals surface area contributed by atoms with Crippen LogP contribution in [0.2, 0.25) is 0 Å². The van der Waals surface area contributed by atoms with E-state index < -0.39 is 0 Å². The smallest absolute Gasteiger partial charge is 0.263 e. The highest BCUT2D eigenvalue weighted by Crippen LogP contribution is 2.51. The van der Waals surface area contributed by atoms with Crippen LogP contribution in [0.4, 0.5) is 0 Å². The number of pyridine rings is 1. The van der Waals surface area contributed by atoms with Gasteiger partial charge in [-0.05, 0) is 48.9 Å². The highest BCUT2D eigenvalue weighted by atomic mass is 16.1. The molecule has 1 atom stereocenters. The Labute approximate surface area is 168 Å². The van der Waals surface area contributed by atoms with E-state index in [0.717, 1.165) is 41.8 Å². The zero-order valence-corrected chi connectivity index (χ0v) is 16.1. The van der Waals surface area contributed by atoms with E-state index in [1.165, 1.54) is 17.5 Å². The van der Waals surface area contributed by atoms with Crippen LogP contribution >= 0.6 is 0 Å². The normalized spacial score (nSPS) is 19.1. The molecule has 0 radical (unpaired) electrons. The SMILES string of the molecule is C[C@@]12CCCc3c(-c4ncn[nH]4)c(-c4ccccc4)c(=O)n(c31)-c1ccccc12. The maximum Gasteiger partial charge on any atom is 0.263 e. The molecule has 2 aliphatic rings. The largest absolute Gasteiger partial charge is 0.279 e. The average molecular weight is 380 g/mol. The Bertz CT molecular complexity index is 1300. The van der Waals surface area contributed by atoms with Crippen LogP contribution in [-0.4, -0.2) is 19.7 Å². The number of para-hydroxylation sites is 1. The predicted molar refractivity (Wildman–Crippen MR) is 112 cm³/mol. The second-order valence-electron chi connectivity index (χ2n) is 8.12. The second-order valence-corrected chi connectivity index (χ2v) is 8.12. The predicted octanol–water partition coefficient (Wildman–Crippen LogP) is 4.25. The van der Waals surface area contributed by atoms with Crippen molar-refractivity contribution in [3.05, 3.63) is 88.1 Å². The summed E-state index contributed by atoms with van der Waals surface area (Å²) in [4.78, 5) is 18.5. The molecule has 0 amide bonds. The molecule has 1 aliphatic carbocycles. The second kappa shape index (κ2) is 5.77. The minimum Gasteiger partial charge on any atom is -0.279 e. The van der Waals surface area contributed by atoms with Gasteiger partial charge in [0.25, 0.3) is 5.56 Å². The van der Waals surface area contributed by atoms with E-state index in [1.54, 1.807) is 0 Å². The van der Waals surface area contributed by atoms with Crippen LogP contribution in [0.5, 0.6) is 0 Å². The average Bonchev–Trinajstić information content (AvgIpc) is 3.37. The molecule has 6 rings (SSSR count). The van der Waals surface area contributed by atoms with E-state index in [-0.39, 0.29) is 11.0 Å². The Morgan fingerprint density at radius 1 is 1.03 bits per heavy atom. The molecule has 4 aromatic rings. The van der Waals surface area contributed by atoms with Crippen LogP contribution in [0.15, 0.2) is 65.7 Å². The number of rotatable bonds is 2. The Balaban J connectivity index is 1.83. The Morgan fingerprint density at radius 3 is 2.62 bits per heavy atom. The van der Waals surface area contributed by atoms with Gasteiger partial charge in [-0.1, -0.05) is 48.5 Å². The van der Waals surface area contributed by atoms with Crippen LogP contribution in [0.3, 0.4) is 0 Å². The third kappa shape index (κ3) is 2.07. The fourth-order valence-corrected chi connectivity index (χ4v) is 5.37. The van der Waals surface area contributed by atoms with Crippen molar-refractivity contribution in [2.24, 2.45) is 0 Å². The lowest BCUT2D eigenvalue weighted by Gasteiger charge is -2.34. The van der Waals surface area contributed by atoms with Gasteiger partial charge in [0.05, 0.1) is 11.3 Å². The van der Waals surface area contributed by atoms with Gasteiger partial charge in [-0.3, -0.25) is 14.5 Å². The summed E-state index contributed by atoms with van der Waals surface area (Å²) < 4.78 is 1.96. The molecule has 142 valence electrons. The van der Waals surface area contributed by atoms with E-state index in [1.807, 2.05) is 41.0 Å². The standard InChI is InChI=1S/C24H20N4O/c1-24-13-7-10-16-20(22-25-14-26-27-22)19(15-8-3-2-4-9-15)23(29)28(21(16)24)18-12-6-5-11-17(18)24/h2-6,8-9,11-12,14H,7,10,13H2,1H3,(H,25,26,27)/t24-/m0/s1. The molecule has 2 aromatic carbocycles. The molecule has 1 aliphatic heterocycles. The summed E-state index contributed by atoms with van der Waals surface area (Å²) in [5, 5.41) is 7.10. The molecule has 0 saturated heterocycles. The molecule has 0 unspecified atom stereocenters. The van der Waals surface area contributed by atoms with Crippen LogP contribution in [0.25, 0.3) is 28.2 Å². The Kier molecular flexibility index (Phi) is 3.28. The molecule has 0 fully saturated rings. The van der Waals surface area contributed by atoms with Gasteiger partial charge in [-0.25, -0.2) is 4.98 Å². The molecule has 0 bridgehead atoms. The molecule has 0 spiro atoms. The van der Waals surface area contributed by atoms with Gasteiger partial charge < -0.3 is 0 Å². The molecule has 5 nitrogen and oxygen atoms in total. The number of benzene rings is 2. The van der Waals surface area contributed by atoms with Crippen molar-refractivity contribution in [2.45, 2.75) is 31.6 Å². The number of hydrogen-bond acceptors (Lipinski definition) is 3. The summed E-state index contributed by atoms with van der Waals surface area (Å²) in [6.45, 7) is 2.28. The third-order valence-electron chi connectivity index (χ3n) is 6.56. The molecule has 5 heteroatoms. The van der Waals surface area contributed by atoms with E-state index >= 15 is 0 Å². The fraction of sp³-hybridized carbons (Fsp3) is 0.208.